The third-order valence-corrected chi connectivity index (χ3v) is 5.93. The zero-order chi connectivity index (χ0) is 21.4. The lowest BCUT2D eigenvalue weighted by Gasteiger charge is -2.10. The molecule has 0 atom stereocenters. The van der Waals surface area contributed by atoms with Crippen LogP contribution in [-0.2, 0) is 12.8 Å². The number of nitrogens with zero attached hydrogens (tertiary/aromatic N) is 1. The summed E-state index contributed by atoms with van der Waals surface area (Å²) in [5.41, 5.74) is 9.07. The molecule has 0 N–H and O–H groups in total. The number of furan rings is 1. The van der Waals surface area contributed by atoms with Crippen LogP contribution in [0.3, 0.4) is 0 Å². The molecule has 5 rings (SSSR count). The van der Waals surface area contributed by atoms with Crippen molar-refractivity contribution in [2.24, 2.45) is 5.92 Å². The molecule has 2 heteroatoms. The van der Waals surface area contributed by atoms with Crippen molar-refractivity contribution < 1.29 is 4.42 Å². The molecule has 154 valence electrons. The number of rotatable bonds is 5. The van der Waals surface area contributed by atoms with Crippen LogP contribution in [0.4, 0.5) is 0 Å². The summed E-state index contributed by atoms with van der Waals surface area (Å²) in [6.45, 7) is 6.66. The molecule has 0 saturated carbocycles. The second kappa shape index (κ2) is 8.03. The van der Waals surface area contributed by atoms with Crippen LogP contribution in [-0.4, -0.2) is 4.98 Å². The molecule has 0 aliphatic carbocycles. The Bertz CT molecular complexity index is 1360. The average Bonchev–Trinajstić information content (AvgIpc) is 3.13. The Morgan fingerprint density at radius 3 is 2.48 bits per heavy atom. The monoisotopic (exact) mass is 405 g/mol. The topological polar surface area (TPSA) is 26.0 Å². The van der Waals surface area contributed by atoms with Crippen molar-refractivity contribution in [2.75, 3.05) is 0 Å². The Morgan fingerprint density at radius 1 is 0.839 bits per heavy atom. The van der Waals surface area contributed by atoms with Crippen molar-refractivity contribution in [3.63, 3.8) is 0 Å². The fraction of sp³-hybridized carbons (Fsp3) is 0.207. The van der Waals surface area contributed by atoms with E-state index in [1.807, 2.05) is 6.20 Å². The molecule has 2 heterocycles. The van der Waals surface area contributed by atoms with Gasteiger partial charge >= 0.3 is 0 Å². The second-order valence-electron chi connectivity index (χ2n) is 8.87. The summed E-state index contributed by atoms with van der Waals surface area (Å²) in [5.74, 6) is 0.610. The quantitative estimate of drug-likeness (QED) is 0.299. The number of hydrogen-bond donors (Lipinski definition) is 0. The van der Waals surface area contributed by atoms with Crippen LogP contribution in [0.5, 0.6) is 0 Å². The van der Waals surface area contributed by atoms with E-state index >= 15 is 0 Å². The van der Waals surface area contributed by atoms with Gasteiger partial charge in [0.05, 0.1) is 5.69 Å². The minimum absolute atomic E-state index is 0.610. The van der Waals surface area contributed by atoms with Gasteiger partial charge < -0.3 is 4.42 Å². The molecule has 3 aromatic carbocycles. The van der Waals surface area contributed by atoms with Gasteiger partial charge in [0, 0.05) is 22.5 Å². The summed E-state index contributed by atoms with van der Waals surface area (Å²) in [4.78, 5) is 4.75. The van der Waals surface area contributed by atoms with E-state index in [0.29, 0.717) is 5.92 Å². The lowest BCUT2D eigenvalue weighted by atomic mass is 9.97. The van der Waals surface area contributed by atoms with E-state index in [1.54, 1.807) is 0 Å². The van der Waals surface area contributed by atoms with Gasteiger partial charge in [0.25, 0.3) is 0 Å². The number of aromatic nitrogens is 1. The number of hydrogen-bond acceptors (Lipinski definition) is 2. The van der Waals surface area contributed by atoms with Crippen molar-refractivity contribution >= 4 is 21.9 Å². The maximum atomic E-state index is 6.43. The number of fused-ring (bicyclic) bond motifs is 3. The van der Waals surface area contributed by atoms with Crippen molar-refractivity contribution in [2.45, 2.75) is 33.6 Å². The molecule has 0 radical (unpaired) electrons. The molecule has 2 nitrogen and oxygen atoms in total. The van der Waals surface area contributed by atoms with Crippen molar-refractivity contribution in [1.82, 2.24) is 4.98 Å². The van der Waals surface area contributed by atoms with E-state index in [-0.39, 0.29) is 0 Å². The van der Waals surface area contributed by atoms with E-state index in [2.05, 4.69) is 93.6 Å². The van der Waals surface area contributed by atoms with Gasteiger partial charge in [0.1, 0.15) is 11.2 Å². The Balaban J connectivity index is 1.60. The van der Waals surface area contributed by atoms with E-state index in [4.69, 9.17) is 9.40 Å². The highest BCUT2D eigenvalue weighted by Gasteiger charge is 2.14. The molecule has 31 heavy (non-hydrogen) atoms. The lowest BCUT2D eigenvalue weighted by Crippen LogP contribution is -1.99. The van der Waals surface area contributed by atoms with Gasteiger partial charge in [-0.1, -0.05) is 68.4 Å². The van der Waals surface area contributed by atoms with E-state index < -0.39 is 0 Å². The number of para-hydroxylation sites is 1. The van der Waals surface area contributed by atoms with Gasteiger partial charge in [-0.2, -0.15) is 0 Å². The lowest BCUT2D eigenvalue weighted by molar-refractivity contribution is 0.644. The standard InChI is InChI=1S/C29H27NO/c1-19(2)14-23-17-27(30-18-20(23)3)26-11-7-10-25-24-13-12-22(16-28(24)31-29(25)26)15-21-8-5-4-6-9-21/h4-13,16-19H,14-15H2,1-3H3. The van der Waals surface area contributed by atoms with E-state index in [1.165, 1.54) is 22.3 Å². The highest BCUT2D eigenvalue weighted by molar-refractivity contribution is 6.09. The van der Waals surface area contributed by atoms with Crippen LogP contribution in [0.15, 0.2) is 83.4 Å². The third kappa shape index (κ3) is 3.86. The van der Waals surface area contributed by atoms with Crippen LogP contribution >= 0.6 is 0 Å². The summed E-state index contributed by atoms with van der Waals surface area (Å²) in [7, 11) is 0. The smallest absolute Gasteiger partial charge is 0.144 e. The Hall–Kier alpha value is -3.39. The Morgan fingerprint density at radius 2 is 1.68 bits per heavy atom. The normalized spacial score (nSPS) is 11.6. The van der Waals surface area contributed by atoms with Gasteiger partial charge in [0.2, 0.25) is 0 Å². The number of pyridine rings is 1. The predicted molar refractivity (Wildman–Crippen MR) is 129 cm³/mol. The van der Waals surface area contributed by atoms with E-state index in [9.17, 15) is 0 Å². The van der Waals surface area contributed by atoms with Crippen molar-refractivity contribution in [3.05, 3.63) is 101 Å². The molecule has 0 aliphatic rings. The molecule has 5 aromatic rings. The summed E-state index contributed by atoms with van der Waals surface area (Å²) in [6, 6.07) is 25.7. The zero-order valence-corrected chi connectivity index (χ0v) is 18.4. The van der Waals surface area contributed by atoms with Crippen molar-refractivity contribution in [3.8, 4) is 11.3 Å². The molecule has 0 spiro atoms. The SMILES string of the molecule is Cc1cnc(-c2cccc3c2oc2cc(Cc4ccccc4)ccc23)cc1CC(C)C. The maximum Gasteiger partial charge on any atom is 0.144 e. The van der Waals surface area contributed by atoms with Gasteiger partial charge in [-0.25, -0.2) is 0 Å². The second-order valence-corrected chi connectivity index (χ2v) is 8.87. The molecular weight excluding hydrogens is 378 g/mol. The van der Waals surface area contributed by atoms with Gasteiger partial charge in [0.15, 0.2) is 0 Å². The van der Waals surface area contributed by atoms with Crippen LogP contribution in [0.1, 0.15) is 36.1 Å². The summed E-state index contributed by atoms with van der Waals surface area (Å²) in [5, 5.41) is 2.30. The van der Waals surface area contributed by atoms with Crippen LogP contribution < -0.4 is 0 Å². The van der Waals surface area contributed by atoms with Gasteiger partial charge in [-0.05, 0) is 66.1 Å². The fourth-order valence-corrected chi connectivity index (χ4v) is 4.36. The molecule has 0 saturated heterocycles. The largest absolute Gasteiger partial charge is 0.455 e. The highest BCUT2D eigenvalue weighted by Crippen LogP contribution is 2.36. The zero-order valence-electron chi connectivity index (χ0n) is 18.4. The number of aryl methyl sites for hydroxylation is 1. The first-order valence-electron chi connectivity index (χ1n) is 11.0. The minimum Gasteiger partial charge on any atom is -0.455 e. The molecule has 2 aromatic heterocycles. The Labute approximate surface area is 183 Å². The third-order valence-electron chi connectivity index (χ3n) is 5.93. The molecule has 0 unspecified atom stereocenters. The first-order valence-corrected chi connectivity index (χ1v) is 11.0. The van der Waals surface area contributed by atoms with Crippen LogP contribution in [0, 0.1) is 12.8 Å². The van der Waals surface area contributed by atoms with Crippen LogP contribution in [0.25, 0.3) is 33.2 Å². The average molecular weight is 406 g/mol. The number of benzene rings is 3. The molecule has 0 bridgehead atoms. The first kappa shape index (κ1) is 19.6. The highest BCUT2D eigenvalue weighted by atomic mass is 16.3. The Kier molecular flexibility index (Phi) is 5.07. The summed E-state index contributed by atoms with van der Waals surface area (Å²) >= 11 is 0. The molecular formula is C29H27NO. The van der Waals surface area contributed by atoms with Gasteiger partial charge in [-0.3, -0.25) is 4.98 Å². The summed E-state index contributed by atoms with van der Waals surface area (Å²) in [6.07, 6.45) is 3.95. The van der Waals surface area contributed by atoms with Crippen molar-refractivity contribution in [1.29, 1.82) is 0 Å². The molecule has 0 aliphatic heterocycles. The molecule has 0 fully saturated rings. The minimum atomic E-state index is 0.610. The predicted octanol–water partition coefficient (Wildman–Crippen LogP) is 7.75. The van der Waals surface area contributed by atoms with Crippen LogP contribution in [0.2, 0.25) is 0 Å². The van der Waals surface area contributed by atoms with E-state index in [0.717, 1.165) is 46.0 Å². The first-order chi connectivity index (χ1) is 15.1. The molecule has 0 amide bonds. The fourth-order valence-electron chi connectivity index (χ4n) is 4.36. The maximum absolute atomic E-state index is 6.43. The summed E-state index contributed by atoms with van der Waals surface area (Å²) < 4.78 is 6.43. The van der Waals surface area contributed by atoms with Gasteiger partial charge in [-0.15, -0.1) is 0 Å².